The van der Waals surface area contributed by atoms with Crippen molar-refractivity contribution in [2.24, 2.45) is 5.41 Å². The van der Waals surface area contributed by atoms with Crippen molar-refractivity contribution in [3.05, 3.63) is 0 Å². The van der Waals surface area contributed by atoms with Gasteiger partial charge in [0.25, 0.3) is 0 Å². The van der Waals surface area contributed by atoms with Crippen molar-refractivity contribution in [2.75, 3.05) is 19.8 Å². The Morgan fingerprint density at radius 1 is 1.35 bits per heavy atom. The van der Waals surface area contributed by atoms with Gasteiger partial charge in [-0.1, -0.05) is 6.42 Å². The monoisotopic (exact) mass is 241 g/mol. The molecule has 0 aromatic heterocycles. The van der Waals surface area contributed by atoms with Crippen molar-refractivity contribution in [3.8, 4) is 0 Å². The minimum atomic E-state index is 0.0121. The average Bonchev–Trinajstić information content (AvgIpc) is 2.22. The van der Waals surface area contributed by atoms with E-state index in [-0.39, 0.29) is 17.9 Å². The Balaban J connectivity index is 1.81. The Morgan fingerprint density at radius 3 is 2.65 bits per heavy atom. The third kappa shape index (κ3) is 2.33. The van der Waals surface area contributed by atoms with E-state index in [1.165, 1.54) is 19.3 Å². The van der Waals surface area contributed by atoms with Crippen LogP contribution in [0, 0.1) is 5.41 Å². The lowest BCUT2D eigenvalue weighted by Crippen LogP contribution is -2.67. The molecule has 0 unspecified atom stereocenters. The standard InChI is InChI=1S/C13H23NO3/c1-3-16-9-12(15)14-10-8-11(17-4-2)13(10)6-5-7-13/h10-11H,3-9H2,1-2H3,(H,14,15)/t10-,11+/m0/s1. The van der Waals surface area contributed by atoms with Gasteiger partial charge in [0.15, 0.2) is 0 Å². The highest BCUT2D eigenvalue weighted by Gasteiger charge is 2.59. The van der Waals surface area contributed by atoms with Crippen LogP contribution in [0.4, 0.5) is 0 Å². The Bertz CT molecular complexity index is 276. The molecule has 1 spiro atoms. The van der Waals surface area contributed by atoms with E-state index in [0.29, 0.717) is 18.8 Å². The minimum absolute atomic E-state index is 0.0121. The summed E-state index contributed by atoms with van der Waals surface area (Å²) in [4.78, 5) is 11.6. The lowest BCUT2D eigenvalue weighted by atomic mass is 9.51. The Labute approximate surface area is 103 Å². The van der Waals surface area contributed by atoms with E-state index in [0.717, 1.165) is 13.0 Å². The second-order valence-corrected chi connectivity index (χ2v) is 5.02. The lowest BCUT2D eigenvalue weighted by Gasteiger charge is -2.61. The topological polar surface area (TPSA) is 47.6 Å². The van der Waals surface area contributed by atoms with Crippen LogP contribution in [0.3, 0.4) is 0 Å². The predicted octanol–water partition coefficient (Wildman–Crippen LogP) is 1.49. The molecule has 98 valence electrons. The number of carbonyl (C=O) groups is 1. The highest BCUT2D eigenvalue weighted by molar-refractivity contribution is 5.77. The number of rotatable bonds is 6. The molecule has 4 heteroatoms. The van der Waals surface area contributed by atoms with E-state index in [2.05, 4.69) is 5.32 Å². The zero-order chi connectivity index (χ0) is 12.3. The van der Waals surface area contributed by atoms with Crippen LogP contribution in [-0.2, 0) is 14.3 Å². The lowest BCUT2D eigenvalue weighted by molar-refractivity contribution is -0.176. The highest BCUT2D eigenvalue weighted by atomic mass is 16.5. The van der Waals surface area contributed by atoms with E-state index in [1.807, 2.05) is 13.8 Å². The van der Waals surface area contributed by atoms with Crippen molar-refractivity contribution >= 4 is 5.91 Å². The number of ether oxygens (including phenoxy) is 2. The van der Waals surface area contributed by atoms with Gasteiger partial charge in [-0.3, -0.25) is 4.79 Å². The summed E-state index contributed by atoms with van der Waals surface area (Å²) in [5.41, 5.74) is 0.248. The second kappa shape index (κ2) is 5.36. The zero-order valence-electron chi connectivity index (χ0n) is 10.8. The molecule has 17 heavy (non-hydrogen) atoms. The molecule has 4 nitrogen and oxygen atoms in total. The molecule has 2 aliphatic rings. The molecule has 0 heterocycles. The van der Waals surface area contributed by atoms with Crippen molar-refractivity contribution in [3.63, 3.8) is 0 Å². The van der Waals surface area contributed by atoms with Gasteiger partial charge in [0.1, 0.15) is 6.61 Å². The van der Waals surface area contributed by atoms with Crippen LogP contribution in [0.15, 0.2) is 0 Å². The van der Waals surface area contributed by atoms with Crippen LogP contribution < -0.4 is 5.32 Å². The van der Waals surface area contributed by atoms with Gasteiger partial charge in [-0.25, -0.2) is 0 Å². The Hall–Kier alpha value is -0.610. The summed E-state index contributed by atoms with van der Waals surface area (Å²) in [7, 11) is 0. The van der Waals surface area contributed by atoms with E-state index in [4.69, 9.17) is 9.47 Å². The first-order valence-electron chi connectivity index (χ1n) is 6.71. The molecule has 2 aliphatic carbocycles. The van der Waals surface area contributed by atoms with Crippen LogP contribution in [0.5, 0.6) is 0 Å². The average molecular weight is 241 g/mol. The van der Waals surface area contributed by atoms with E-state index >= 15 is 0 Å². The SMILES string of the molecule is CCOCC(=O)N[C@H]1C[C@@H](OCC)C12CCC2. The molecule has 1 N–H and O–H groups in total. The zero-order valence-corrected chi connectivity index (χ0v) is 10.8. The summed E-state index contributed by atoms with van der Waals surface area (Å²) in [6.07, 6.45) is 4.97. The van der Waals surface area contributed by atoms with Crippen LogP contribution in [0.2, 0.25) is 0 Å². The summed E-state index contributed by atoms with van der Waals surface area (Å²) >= 11 is 0. The van der Waals surface area contributed by atoms with Crippen molar-refractivity contribution in [2.45, 2.75) is 51.7 Å². The molecular weight excluding hydrogens is 218 g/mol. The molecule has 0 aromatic carbocycles. The number of nitrogens with one attached hydrogen (secondary N) is 1. The van der Waals surface area contributed by atoms with Crippen molar-refractivity contribution < 1.29 is 14.3 Å². The number of carbonyl (C=O) groups excluding carboxylic acids is 1. The van der Waals surface area contributed by atoms with Crippen LogP contribution in [-0.4, -0.2) is 37.9 Å². The largest absolute Gasteiger partial charge is 0.378 e. The molecule has 2 fully saturated rings. The van der Waals surface area contributed by atoms with Gasteiger partial charge in [0.05, 0.1) is 6.10 Å². The number of hydrogen-bond donors (Lipinski definition) is 1. The summed E-state index contributed by atoms with van der Waals surface area (Å²) in [6.45, 7) is 5.47. The van der Waals surface area contributed by atoms with E-state index in [9.17, 15) is 4.79 Å². The van der Waals surface area contributed by atoms with Gasteiger partial charge < -0.3 is 14.8 Å². The first-order valence-corrected chi connectivity index (χ1v) is 6.71. The maximum Gasteiger partial charge on any atom is 0.246 e. The summed E-state index contributed by atoms with van der Waals surface area (Å²) in [5.74, 6) is 0.0121. The first kappa shape index (κ1) is 12.8. The Kier molecular flexibility index (Phi) is 4.05. The second-order valence-electron chi connectivity index (χ2n) is 5.02. The van der Waals surface area contributed by atoms with Crippen LogP contribution >= 0.6 is 0 Å². The molecule has 0 aromatic rings. The fraction of sp³-hybridized carbons (Fsp3) is 0.923. The molecule has 0 bridgehead atoms. The fourth-order valence-electron chi connectivity index (χ4n) is 3.07. The molecule has 2 atom stereocenters. The highest BCUT2D eigenvalue weighted by Crippen LogP contribution is 2.57. The van der Waals surface area contributed by atoms with Crippen LogP contribution in [0.1, 0.15) is 39.5 Å². The van der Waals surface area contributed by atoms with Crippen LogP contribution in [0.25, 0.3) is 0 Å². The van der Waals surface area contributed by atoms with Gasteiger partial charge in [-0.2, -0.15) is 0 Å². The summed E-state index contributed by atoms with van der Waals surface area (Å²) in [6, 6.07) is 0.306. The van der Waals surface area contributed by atoms with E-state index < -0.39 is 0 Å². The third-order valence-corrected chi connectivity index (χ3v) is 4.21. The maximum absolute atomic E-state index is 11.6. The Morgan fingerprint density at radius 2 is 2.12 bits per heavy atom. The fourth-order valence-corrected chi connectivity index (χ4v) is 3.07. The third-order valence-electron chi connectivity index (χ3n) is 4.21. The summed E-state index contributed by atoms with van der Waals surface area (Å²) in [5, 5.41) is 3.09. The molecular formula is C13H23NO3. The van der Waals surface area contributed by atoms with Crippen molar-refractivity contribution in [1.82, 2.24) is 5.32 Å². The predicted molar refractivity (Wildman–Crippen MR) is 64.7 cm³/mol. The molecule has 0 saturated heterocycles. The van der Waals surface area contributed by atoms with E-state index in [1.54, 1.807) is 0 Å². The van der Waals surface area contributed by atoms with Gasteiger partial charge in [-0.15, -0.1) is 0 Å². The molecule has 2 saturated carbocycles. The molecule has 1 amide bonds. The summed E-state index contributed by atoms with van der Waals surface area (Å²) < 4.78 is 10.9. The molecule has 2 rings (SSSR count). The molecule has 0 aliphatic heterocycles. The van der Waals surface area contributed by atoms with Gasteiger partial charge >= 0.3 is 0 Å². The minimum Gasteiger partial charge on any atom is -0.378 e. The van der Waals surface area contributed by atoms with Crippen molar-refractivity contribution in [1.29, 1.82) is 0 Å². The molecule has 0 radical (unpaired) electrons. The van der Waals surface area contributed by atoms with Gasteiger partial charge in [0.2, 0.25) is 5.91 Å². The number of amides is 1. The maximum atomic E-state index is 11.6. The smallest absolute Gasteiger partial charge is 0.246 e. The van der Waals surface area contributed by atoms with Gasteiger partial charge in [0, 0.05) is 24.7 Å². The first-order chi connectivity index (χ1) is 8.23. The quantitative estimate of drug-likeness (QED) is 0.766. The van der Waals surface area contributed by atoms with Gasteiger partial charge in [-0.05, 0) is 33.1 Å². The number of hydrogen-bond acceptors (Lipinski definition) is 3. The normalized spacial score (nSPS) is 29.5.